The smallest absolute Gasteiger partial charge is 0.369 e. The largest absolute Gasteiger partial charge is 0.433 e. The zero-order chi connectivity index (χ0) is 22.4. The first kappa shape index (κ1) is 20.4. The molecule has 0 radical (unpaired) electrons. The van der Waals surface area contributed by atoms with Gasteiger partial charge in [-0.05, 0) is 35.4 Å². The van der Waals surface area contributed by atoms with Crippen molar-refractivity contribution in [2.45, 2.75) is 11.7 Å². The summed E-state index contributed by atoms with van der Waals surface area (Å²) in [6.45, 7) is 0. The van der Waals surface area contributed by atoms with Gasteiger partial charge in [0.2, 0.25) is 0 Å². The number of likely N-dealkylation sites (N-methyl/N-ethyl adjacent to an activating group) is 1. The van der Waals surface area contributed by atoms with E-state index in [1.54, 1.807) is 0 Å². The first-order valence-electron chi connectivity index (χ1n) is 8.88. The Hall–Kier alpha value is -3.89. The summed E-state index contributed by atoms with van der Waals surface area (Å²) < 4.78 is 54.4. The Labute approximate surface area is 173 Å². The molecule has 4 rings (SSSR count). The lowest BCUT2D eigenvalue weighted by atomic mass is 9.82. The van der Waals surface area contributed by atoms with Gasteiger partial charge in [0.25, 0.3) is 5.91 Å². The second-order valence-corrected chi connectivity index (χ2v) is 6.76. The summed E-state index contributed by atoms with van der Waals surface area (Å²) in [4.78, 5) is 29.8. The van der Waals surface area contributed by atoms with Gasteiger partial charge in [0.1, 0.15) is 11.5 Å². The highest BCUT2D eigenvalue weighted by atomic mass is 19.4. The summed E-state index contributed by atoms with van der Waals surface area (Å²) in [6.07, 6.45) is 0.282. The van der Waals surface area contributed by atoms with Gasteiger partial charge in [-0.15, -0.1) is 0 Å². The average Bonchev–Trinajstić information content (AvgIpc) is 2.99. The van der Waals surface area contributed by atoms with Gasteiger partial charge in [-0.25, -0.2) is 9.38 Å². The number of nitrogens with two attached hydrogens (primary N) is 1. The molecular formula is C20H14F4N6O. The topological polar surface area (TPSA) is 97.4 Å². The molecule has 1 aliphatic rings. The number of aliphatic imine (C=N–C) groups is 1. The maximum absolute atomic E-state index is 14.6. The van der Waals surface area contributed by atoms with Gasteiger partial charge >= 0.3 is 6.18 Å². The molecule has 1 unspecified atom stereocenters. The van der Waals surface area contributed by atoms with Crippen LogP contribution in [-0.4, -0.2) is 38.8 Å². The molecule has 158 valence electrons. The number of benzene rings is 1. The second kappa shape index (κ2) is 7.11. The molecule has 0 bridgehead atoms. The Morgan fingerprint density at radius 3 is 2.39 bits per heavy atom. The molecule has 0 fully saturated rings. The number of carbonyl (C=O) groups excluding carboxylic acids is 1. The zero-order valence-corrected chi connectivity index (χ0v) is 15.9. The second-order valence-electron chi connectivity index (χ2n) is 6.76. The number of nitrogens with zero attached hydrogens (tertiary/aromatic N) is 5. The van der Waals surface area contributed by atoms with Crippen LogP contribution in [0.15, 0.2) is 60.1 Å². The Morgan fingerprint density at radius 1 is 1.03 bits per heavy atom. The van der Waals surface area contributed by atoms with Crippen LogP contribution in [0.1, 0.15) is 16.8 Å². The fraction of sp³-hybridized carbons (Fsp3) is 0.150. The fourth-order valence-electron chi connectivity index (χ4n) is 3.38. The van der Waals surface area contributed by atoms with E-state index in [9.17, 15) is 22.4 Å². The van der Waals surface area contributed by atoms with E-state index in [0.717, 1.165) is 23.2 Å². The molecular weight excluding hydrogens is 416 g/mol. The van der Waals surface area contributed by atoms with E-state index in [-0.39, 0.29) is 28.3 Å². The van der Waals surface area contributed by atoms with Crippen molar-refractivity contribution in [1.29, 1.82) is 0 Å². The molecule has 0 spiro atoms. The highest BCUT2D eigenvalue weighted by molar-refractivity contribution is 6.09. The lowest BCUT2D eigenvalue weighted by molar-refractivity contribution is -0.141. The molecule has 1 aromatic carbocycles. The number of halogens is 4. The molecule has 2 N–H and O–H groups in total. The van der Waals surface area contributed by atoms with Crippen molar-refractivity contribution >= 4 is 11.9 Å². The quantitative estimate of drug-likeness (QED) is 0.645. The van der Waals surface area contributed by atoms with Crippen LogP contribution in [0.5, 0.6) is 0 Å². The van der Waals surface area contributed by atoms with Gasteiger partial charge in [-0.2, -0.15) is 13.2 Å². The van der Waals surface area contributed by atoms with Crippen LogP contribution < -0.4 is 5.73 Å². The van der Waals surface area contributed by atoms with Crippen molar-refractivity contribution in [1.82, 2.24) is 19.9 Å². The SMILES string of the molecule is CN1C(=O)C(c2ccnc(C(F)(F)F)c2)(c2ccc(F)c(-c3cnccn3)c2)N=C1N. The molecule has 31 heavy (non-hydrogen) atoms. The van der Waals surface area contributed by atoms with Crippen molar-refractivity contribution in [2.24, 2.45) is 10.7 Å². The molecule has 0 saturated carbocycles. The molecule has 0 saturated heterocycles. The predicted octanol–water partition coefficient (Wildman–Crippen LogP) is 2.73. The number of carbonyl (C=O) groups is 1. The first-order chi connectivity index (χ1) is 14.6. The molecule has 1 aliphatic heterocycles. The van der Waals surface area contributed by atoms with E-state index in [0.29, 0.717) is 0 Å². The van der Waals surface area contributed by atoms with Gasteiger partial charge in [0, 0.05) is 31.2 Å². The van der Waals surface area contributed by atoms with Crippen LogP contribution in [0, 0.1) is 5.82 Å². The molecule has 1 amide bonds. The van der Waals surface area contributed by atoms with Crippen molar-refractivity contribution in [3.8, 4) is 11.3 Å². The number of rotatable bonds is 3. The van der Waals surface area contributed by atoms with E-state index in [2.05, 4.69) is 19.9 Å². The number of pyridine rings is 1. The monoisotopic (exact) mass is 430 g/mol. The third-order valence-electron chi connectivity index (χ3n) is 4.93. The lowest BCUT2D eigenvalue weighted by Gasteiger charge is -2.27. The fourth-order valence-corrected chi connectivity index (χ4v) is 3.38. The Morgan fingerprint density at radius 2 is 1.77 bits per heavy atom. The Kier molecular flexibility index (Phi) is 4.68. The van der Waals surface area contributed by atoms with Gasteiger partial charge in [0.15, 0.2) is 11.5 Å². The number of guanidine groups is 1. The van der Waals surface area contributed by atoms with E-state index in [4.69, 9.17) is 5.73 Å². The number of aromatic nitrogens is 3. The highest BCUT2D eigenvalue weighted by Gasteiger charge is 2.50. The van der Waals surface area contributed by atoms with Crippen LogP contribution in [0.25, 0.3) is 11.3 Å². The van der Waals surface area contributed by atoms with Gasteiger partial charge in [0.05, 0.1) is 11.9 Å². The van der Waals surface area contributed by atoms with Gasteiger partial charge < -0.3 is 5.73 Å². The van der Waals surface area contributed by atoms with Crippen LogP contribution in [-0.2, 0) is 16.5 Å². The average molecular weight is 430 g/mol. The molecule has 1 atom stereocenters. The minimum absolute atomic E-state index is 0.00574. The van der Waals surface area contributed by atoms with Gasteiger partial charge in [-0.1, -0.05) is 6.07 Å². The Balaban J connectivity index is 1.99. The Bertz CT molecular complexity index is 1200. The minimum Gasteiger partial charge on any atom is -0.369 e. The molecule has 7 nitrogen and oxygen atoms in total. The lowest BCUT2D eigenvalue weighted by Crippen LogP contribution is -2.41. The summed E-state index contributed by atoms with van der Waals surface area (Å²) in [5, 5.41) is 0. The van der Waals surface area contributed by atoms with E-state index < -0.39 is 29.1 Å². The van der Waals surface area contributed by atoms with E-state index in [1.807, 2.05) is 0 Å². The van der Waals surface area contributed by atoms with Crippen LogP contribution in [0.4, 0.5) is 17.6 Å². The molecule has 11 heteroatoms. The van der Waals surface area contributed by atoms with Crippen LogP contribution in [0.3, 0.4) is 0 Å². The molecule has 3 heterocycles. The minimum atomic E-state index is -4.74. The number of amides is 1. The molecule has 0 aliphatic carbocycles. The van der Waals surface area contributed by atoms with Crippen molar-refractivity contribution in [2.75, 3.05) is 7.05 Å². The summed E-state index contributed by atoms with van der Waals surface area (Å²) in [5.74, 6) is -1.54. The normalized spacial score (nSPS) is 18.9. The highest BCUT2D eigenvalue weighted by Crippen LogP contribution is 2.42. The number of alkyl halides is 3. The summed E-state index contributed by atoms with van der Waals surface area (Å²) in [7, 11) is 1.35. The summed E-state index contributed by atoms with van der Waals surface area (Å²) >= 11 is 0. The summed E-state index contributed by atoms with van der Waals surface area (Å²) in [6, 6.07) is 5.65. The summed E-state index contributed by atoms with van der Waals surface area (Å²) in [5.41, 5.74) is 2.89. The third-order valence-corrected chi connectivity index (χ3v) is 4.93. The van der Waals surface area contributed by atoms with E-state index >= 15 is 0 Å². The van der Waals surface area contributed by atoms with Crippen molar-refractivity contribution in [3.63, 3.8) is 0 Å². The standard InChI is InChI=1S/C20H14F4N6O/c1-30-17(31)19(29-18(30)25,12-4-5-28-16(9-12)20(22,23)24)11-2-3-14(21)13(8-11)15-10-26-6-7-27-15/h2-10H,1H3,(H2,25,29). The molecule has 3 aromatic rings. The third kappa shape index (κ3) is 3.27. The maximum Gasteiger partial charge on any atom is 0.433 e. The number of hydrogen-bond donors (Lipinski definition) is 1. The van der Waals surface area contributed by atoms with Gasteiger partial charge in [-0.3, -0.25) is 24.6 Å². The van der Waals surface area contributed by atoms with Crippen molar-refractivity contribution < 1.29 is 22.4 Å². The zero-order valence-electron chi connectivity index (χ0n) is 15.9. The predicted molar refractivity (Wildman–Crippen MR) is 102 cm³/mol. The van der Waals surface area contributed by atoms with Crippen LogP contribution in [0.2, 0.25) is 0 Å². The maximum atomic E-state index is 14.6. The van der Waals surface area contributed by atoms with Crippen LogP contribution >= 0.6 is 0 Å². The molecule has 2 aromatic heterocycles. The van der Waals surface area contributed by atoms with Crippen molar-refractivity contribution in [3.05, 3.63) is 77.8 Å². The number of hydrogen-bond acceptors (Lipinski definition) is 6. The van der Waals surface area contributed by atoms with E-state index in [1.165, 1.54) is 43.8 Å². The first-order valence-corrected chi connectivity index (χ1v) is 8.88.